The number of ether oxygens (including phenoxy) is 3. The zero-order valence-corrected chi connectivity index (χ0v) is 10.2. The van der Waals surface area contributed by atoms with Crippen LogP contribution >= 0.6 is 0 Å². The molecule has 1 aromatic rings. The van der Waals surface area contributed by atoms with E-state index >= 15 is 0 Å². The summed E-state index contributed by atoms with van der Waals surface area (Å²) < 4.78 is 16.0. The molecule has 1 rings (SSSR count). The number of hydrogen-bond acceptors (Lipinski definition) is 3. The lowest BCUT2D eigenvalue weighted by atomic mass is 10.1. The number of rotatable bonds is 5. The van der Waals surface area contributed by atoms with Gasteiger partial charge in [0.1, 0.15) is 5.75 Å². The summed E-state index contributed by atoms with van der Waals surface area (Å²) in [7, 11) is 3.24. The Morgan fingerprint density at radius 1 is 1.06 bits per heavy atom. The lowest BCUT2D eigenvalue weighted by Gasteiger charge is -2.13. The molecular weight excluding hydrogens is 204 g/mol. The van der Waals surface area contributed by atoms with E-state index in [9.17, 15) is 0 Å². The average Bonchev–Trinajstić information content (AvgIpc) is 2.31. The van der Waals surface area contributed by atoms with E-state index in [2.05, 4.69) is 0 Å². The van der Waals surface area contributed by atoms with Crippen molar-refractivity contribution < 1.29 is 14.2 Å². The van der Waals surface area contributed by atoms with Gasteiger partial charge in [0, 0.05) is 11.6 Å². The summed E-state index contributed by atoms with van der Waals surface area (Å²) in [6.45, 7) is 4.54. The molecule has 88 valence electrons. The first-order chi connectivity index (χ1) is 7.76. The summed E-state index contributed by atoms with van der Waals surface area (Å²) in [5.74, 6) is 2.19. The first-order valence-corrected chi connectivity index (χ1v) is 5.28. The van der Waals surface area contributed by atoms with Gasteiger partial charge in [-0.3, -0.25) is 0 Å². The Morgan fingerprint density at radius 3 is 2.19 bits per heavy atom. The van der Waals surface area contributed by atoms with Crippen molar-refractivity contribution >= 4 is 6.08 Å². The molecule has 3 heteroatoms. The molecule has 3 nitrogen and oxygen atoms in total. The van der Waals surface area contributed by atoms with Gasteiger partial charge in [-0.15, -0.1) is 0 Å². The van der Waals surface area contributed by atoms with Crippen molar-refractivity contribution in [3.8, 4) is 17.2 Å². The number of benzene rings is 1. The van der Waals surface area contributed by atoms with E-state index in [4.69, 9.17) is 14.2 Å². The van der Waals surface area contributed by atoms with Crippen molar-refractivity contribution in [3.05, 3.63) is 23.8 Å². The molecule has 0 fully saturated rings. The number of hydrogen-bond donors (Lipinski definition) is 0. The summed E-state index contributed by atoms with van der Waals surface area (Å²) in [5.41, 5.74) is 0.988. The Balaban J connectivity index is 3.23. The second kappa shape index (κ2) is 6.05. The standard InChI is InChI=1S/C13H18O3/c1-5-7-10-8-12(14-3)13(15-4)9-11(10)16-6-2/h5,7-9H,6H2,1-4H3/b7-5-. The molecule has 16 heavy (non-hydrogen) atoms. The molecule has 0 N–H and O–H groups in total. The minimum Gasteiger partial charge on any atom is -0.493 e. The quantitative estimate of drug-likeness (QED) is 0.766. The van der Waals surface area contributed by atoms with Crippen LogP contribution in [0.3, 0.4) is 0 Å². The van der Waals surface area contributed by atoms with Crippen LogP contribution in [0.2, 0.25) is 0 Å². The highest BCUT2D eigenvalue weighted by Gasteiger charge is 2.09. The van der Waals surface area contributed by atoms with Gasteiger partial charge in [-0.2, -0.15) is 0 Å². The molecule has 0 bridgehead atoms. The van der Waals surface area contributed by atoms with Crippen molar-refractivity contribution in [2.45, 2.75) is 13.8 Å². The summed E-state index contributed by atoms with van der Waals surface area (Å²) in [4.78, 5) is 0. The smallest absolute Gasteiger partial charge is 0.164 e. The lowest BCUT2D eigenvalue weighted by molar-refractivity contribution is 0.327. The Hall–Kier alpha value is -1.64. The van der Waals surface area contributed by atoms with Gasteiger partial charge in [0.25, 0.3) is 0 Å². The van der Waals surface area contributed by atoms with Gasteiger partial charge in [-0.1, -0.05) is 12.2 Å². The molecule has 0 saturated heterocycles. The van der Waals surface area contributed by atoms with Gasteiger partial charge in [0.15, 0.2) is 11.5 Å². The van der Waals surface area contributed by atoms with E-state index in [0.717, 1.165) is 11.3 Å². The first kappa shape index (κ1) is 12.4. The van der Waals surface area contributed by atoms with E-state index in [1.807, 2.05) is 38.1 Å². The maximum Gasteiger partial charge on any atom is 0.164 e. The Morgan fingerprint density at radius 2 is 1.69 bits per heavy atom. The molecule has 0 radical (unpaired) electrons. The number of allylic oxidation sites excluding steroid dienone is 1. The molecule has 0 unspecified atom stereocenters. The van der Waals surface area contributed by atoms with Gasteiger partial charge >= 0.3 is 0 Å². The van der Waals surface area contributed by atoms with Gasteiger partial charge in [-0.05, 0) is 19.9 Å². The molecule has 0 saturated carbocycles. The summed E-state index contributed by atoms with van der Waals surface area (Å²) in [6, 6.07) is 3.75. The van der Waals surface area contributed by atoms with Crippen molar-refractivity contribution in [2.75, 3.05) is 20.8 Å². The van der Waals surface area contributed by atoms with Crippen LogP contribution in [-0.2, 0) is 0 Å². The SMILES string of the molecule is C/C=C\c1cc(OC)c(OC)cc1OCC. The van der Waals surface area contributed by atoms with Crippen LogP contribution in [0.5, 0.6) is 17.2 Å². The van der Waals surface area contributed by atoms with Crippen LogP contribution in [0.25, 0.3) is 6.08 Å². The van der Waals surface area contributed by atoms with Crippen molar-refractivity contribution in [1.29, 1.82) is 0 Å². The molecule has 0 atom stereocenters. The fourth-order valence-electron chi connectivity index (χ4n) is 1.47. The minimum absolute atomic E-state index is 0.625. The van der Waals surface area contributed by atoms with E-state index in [-0.39, 0.29) is 0 Å². The molecule has 0 aliphatic carbocycles. The van der Waals surface area contributed by atoms with Gasteiger partial charge in [0.2, 0.25) is 0 Å². The third kappa shape index (κ3) is 2.69. The van der Waals surface area contributed by atoms with Crippen molar-refractivity contribution in [2.24, 2.45) is 0 Å². The summed E-state index contributed by atoms with van der Waals surface area (Å²) >= 11 is 0. The zero-order valence-electron chi connectivity index (χ0n) is 10.2. The van der Waals surface area contributed by atoms with Gasteiger partial charge in [-0.25, -0.2) is 0 Å². The molecule has 0 amide bonds. The minimum atomic E-state index is 0.625. The van der Waals surface area contributed by atoms with Crippen LogP contribution in [0, 0.1) is 0 Å². The summed E-state index contributed by atoms with van der Waals surface area (Å²) in [5, 5.41) is 0. The van der Waals surface area contributed by atoms with Gasteiger partial charge in [0.05, 0.1) is 20.8 Å². The third-order valence-corrected chi connectivity index (χ3v) is 2.16. The monoisotopic (exact) mass is 222 g/mol. The van der Waals surface area contributed by atoms with Gasteiger partial charge < -0.3 is 14.2 Å². The molecular formula is C13H18O3. The molecule has 0 aliphatic heterocycles. The van der Waals surface area contributed by atoms with Crippen molar-refractivity contribution in [1.82, 2.24) is 0 Å². The Bertz CT molecular complexity index is 370. The molecule has 0 heterocycles. The molecule has 1 aromatic carbocycles. The molecule has 0 aromatic heterocycles. The summed E-state index contributed by atoms with van der Waals surface area (Å²) in [6.07, 6.45) is 3.94. The maximum absolute atomic E-state index is 5.54. The molecule has 0 spiro atoms. The lowest BCUT2D eigenvalue weighted by Crippen LogP contribution is -1.97. The highest BCUT2D eigenvalue weighted by Crippen LogP contribution is 2.35. The van der Waals surface area contributed by atoms with Crippen molar-refractivity contribution in [3.63, 3.8) is 0 Å². The average molecular weight is 222 g/mol. The highest BCUT2D eigenvalue weighted by molar-refractivity contribution is 5.63. The second-order valence-electron chi connectivity index (χ2n) is 3.18. The number of methoxy groups -OCH3 is 2. The maximum atomic E-state index is 5.54. The van der Waals surface area contributed by atoms with Crippen LogP contribution in [-0.4, -0.2) is 20.8 Å². The van der Waals surface area contributed by atoms with Crippen LogP contribution < -0.4 is 14.2 Å². The van der Waals surface area contributed by atoms with E-state index in [1.165, 1.54) is 0 Å². The largest absolute Gasteiger partial charge is 0.493 e. The first-order valence-electron chi connectivity index (χ1n) is 5.28. The molecule has 0 aliphatic rings. The Kier molecular flexibility index (Phi) is 4.70. The van der Waals surface area contributed by atoms with Crippen LogP contribution in [0.15, 0.2) is 18.2 Å². The van der Waals surface area contributed by atoms with Crippen LogP contribution in [0.1, 0.15) is 19.4 Å². The fourth-order valence-corrected chi connectivity index (χ4v) is 1.47. The topological polar surface area (TPSA) is 27.7 Å². The van der Waals surface area contributed by atoms with Crippen LogP contribution in [0.4, 0.5) is 0 Å². The predicted molar refractivity (Wildman–Crippen MR) is 65.4 cm³/mol. The Labute approximate surface area is 96.6 Å². The van der Waals surface area contributed by atoms with E-state index in [0.29, 0.717) is 18.1 Å². The zero-order chi connectivity index (χ0) is 12.0. The van der Waals surface area contributed by atoms with E-state index < -0.39 is 0 Å². The fraction of sp³-hybridized carbons (Fsp3) is 0.385. The van der Waals surface area contributed by atoms with E-state index in [1.54, 1.807) is 14.2 Å². The highest BCUT2D eigenvalue weighted by atomic mass is 16.5. The normalized spacial score (nSPS) is 10.5. The second-order valence-corrected chi connectivity index (χ2v) is 3.18. The third-order valence-electron chi connectivity index (χ3n) is 2.16. The predicted octanol–water partition coefficient (Wildman–Crippen LogP) is 3.14.